The van der Waals surface area contributed by atoms with E-state index in [4.69, 9.17) is 4.74 Å². The van der Waals surface area contributed by atoms with Crippen molar-refractivity contribution >= 4 is 6.03 Å². The summed E-state index contributed by atoms with van der Waals surface area (Å²) in [6, 6.07) is 8.01. The van der Waals surface area contributed by atoms with Gasteiger partial charge < -0.3 is 20.5 Å². The van der Waals surface area contributed by atoms with Crippen LogP contribution in [0.3, 0.4) is 0 Å². The van der Waals surface area contributed by atoms with Gasteiger partial charge in [-0.2, -0.15) is 0 Å². The Kier molecular flexibility index (Phi) is 4.84. The number of carbonyl (C=O) groups is 1. The lowest BCUT2D eigenvalue weighted by atomic mass is 9.67. The third-order valence-corrected chi connectivity index (χ3v) is 6.21. The predicted molar refractivity (Wildman–Crippen MR) is 95.4 cm³/mol. The number of para-hydroxylation sites is 1. The number of rotatable bonds is 2. The standard InChI is InChI=1S/C20H28N2O3/c23-14-9-8-13-4-3-6-17(16(13)12-14)21-20(24)22-18-10-11-25-19-7-2-1-5-15(18)19/h1-2,5,7,13-14,16-18,23H,3-4,6,8-12H2,(H2,21,22,24)/t13?,14?,16?,17?,18-/m1/s1. The molecule has 2 aliphatic carbocycles. The third kappa shape index (κ3) is 3.61. The molecule has 0 spiro atoms. The van der Waals surface area contributed by atoms with Gasteiger partial charge in [-0.05, 0) is 43.6 Å². The Morgan fingerprint density at radius 2 is 1.96 bits per heavy atom. The molecular formula is C20H28N2O3. The van der Waals surface area contributed by atoms with Crippen molar-refractivity contribution in [1.29, 1.82) is 0 Å². The molecule has 136 valence electrons. The first kappa shape index (κ1) is 16.7. The Balaban J connectivity index is 1.39. The second-order valence-corrected chi connectivity index (χ2v) is 7.77. The molecular weight excluding hydrogens is 316 g/mol. The van der Waals surface area contributed by atoms with Gasteiger partial charge in [-0.3, -0.25) is 0 Å². The van der Waals surface area contributed by atoms with E-state index in [9.17, 15) is 9.90 Å². The lowest BCUT2D eigenvalue weighted by Crippen LogP contribution is -2.51. The van der Waals surface area contributed by atoms with E-state index in [-0.39, 0.29) is 24.2 Å². The summed E-state index contributed by atoms with van der Waals surface area (Å²) < 4.78 is 5.67. The Morgan fingerprint density at radius 3 is 2.88 bits per heavy atom. The zero-order valence-corrected chi connectivity index (χ0v) is 14.6. The molecule has 1 aromatic rings. The number of ether oxygens (including phenoxy) is 1. The van der Waals surface area contributed by atoms with Gasteiger partial charge in [0.05, 0.1) is 18.8 Å². The summed E-state index contributed by atoms with van der Waals surface area (Å²) in [6.45, 7) is 0.627. The van der Waals surface area contributed by atoms with Crippen molar-refractivity contribution < 1.29 is 14.6 Å². The zero-order valence-electron chi connectivity index (χ0n) is 14.6. The quantitative estimate of drug-likeness (QED) is 0.772. The minimum atomic E-state index is -0.200. The second-order valence-electron chi connectivity index (χ2n) is 7.77. The van der Waals surface area contributed by atoms with Crippen LogP contribution in [0.1, 0.15) is 56.6 Å². The van der Waals surface area contributed by atoms with Crippen LogP contribution >= 0.6 is 0 Å². The van der Waals surface area contributed by atoms with Gasteiger partial charge in [0.2, 0.25) is 0 Å². The van der Waals surface area contributed by atoms with Gasteiger partial charge in [-0.15, -0.1) is 0 Å². The van der Waals surface area contributed by atoms with Gasteiger partial charge in [0.1, 0.15) is 5.75 Å². The number of nitrogens with one attached hydrogen (secondary N) is 2. The molecule has 4 unspecified atom stereocenters. The first-order valence-corrected chi connectivity index (χ1v) is 9.67. The number of hydrogen-bond acceptors (Lipinski definition) is 3. The summed E-state index contributed by atoms with van der Waals surface area (Å²) in [5, 5.41) is 16.4. The van der Waals surface area contributed by atoms with Crippen LogP contribution in [0.5, 0.6) is 5.75 Å². The fourth-order valence-corrected chi connectivity index (χ4v) is 4.95. The molecule has 0 bridgehead atoms. The largest absolute Gasteiger partial charge is 0.493 e. The van der Waals surface area contributed by atoms with E-state index < -0.39 is 0 Å². The van der Waals surface area contributed by atoms with E-state index >= 15 is 0 Å². The molecule has 25 heavy (non-hydrogen) atoms. The van der Waals surface area contributed by atoms with Crippen LogP contribution in [0.25, 0.3) is 0 Å². The van der Waals surface area contributed by atoms with Crippen LogP contribution in [0, 0.1) is 11.8 Å². The van der Waals surface area contributed by atoms with Gasteiger partial charge >= 0.3 is 6.03 Å². The number of hydrogen-bond donors (Lipinski definition) is 3. The highest BCUT2D eigenvalue weighted by molar-refractivity contribution is 5.75. The summed E-state index contributed by atoms with van der Waals surface area (Å²) in [6.07, 6.45) is 6.86. The maximum Gasteiger partial charge on any atom is 0.315 e. The highest BCUT2D eigenvalue weighted by Gasteiger charge is 2.38. The monoisotopic (exact) mass is 344 g/mol. The molecule has 1 aliphatic heterocycles. The van der Waals surface area contributed by atoms with Crippen molar-refractivity contribution in [3.63, 3.8) is 0 Å². The molecule has 5 nitrogen and oxygen atoms in total. The van der Waals surface area contributed by atoms with Crippen molar-refractivity contribution in [1.82, 2.24) is 10.6 Å². The van der Waals surface area contributed by atoms with Gasteiger partial charge in [-0.25, -0.2) is 4.79 Å². The topological polar surface area (TPSA) is 70.6 Å². The molecule has 5 atom stereocenters. The zero-order chi connectivity index (χ0) is 17.2. The van der Waals surface area contributed by atoms with Crippen LogP contribution in [0.2, 0.25) is 0 Å². The molecule has 2 amide bonds. The highest BCUT2D eigenvalue weighted by Crippen LogP contribution is 2.40. The fourth-order valence-electron chi connectivity index (χ4n) is 4.95. The molecule has 3 N–H and O–H groups in total. The van der Waals surface area contributed by atoms with Crippen LogP contribution in [0.15, 0.2) is 24.3 Å². The summed E-state index contributed by atoms with van der Waals surface area (Å²) in [5.41, 5.74) is 1.05. The number of urea groups is 1. The van der Waals surface area contributed by atoms with Crippen LogP contribution < -0.4 is 15.4 Å². The molecule has 0 saturated heterocycles. The van der Waals surface area contributed by atoms with E-state index in [1.807, 2.05) is 24.3 Å². The van der Waals surface area contributed by atoms with Crippen molar-refractivity contribution in [3.05, 3.63) is 29.8 Å². The molecule has 0 radical (unpaired) electrons. The summed E-state index contributed by atoms with van der Waals surface area (Å²) >= 11 is 0. The van der Waals surface area contributed by atoms with Crippen molar-refractivity contribution in [2.24, 2.45) is 11.8 Å². The highest BCUT2D eigenvalue weighted by atomic mass is 16.5. The van der Waals surface area contributed by atoms with Crippen molar-refractivity contribution in [2.75, 3.05) is 6.61 Å². The SMILES string of the molecule is O=C(NC1CCCC2CCC(O)CC21)N[C@@H]1CCOc2ccccc21. The van der Waals surface area contributed by atoms with Gasteiger partial charge in [0, 0.05) is 18.0 Å². The molecule has 3 aliphatic rings. The Morgan fingerprint density at radius 1 is 1.08 bits per heavy atom. The van der Waals surface area contributed by atoms with E-state index in [0.29, 0.717) is 18.4 Å². The van der Waals surface area contributed by atoms with Crippen molar-refractivity contribution in [2.45, 2.75) is 63.1 Å². The minimum Gasteiger partial charge on any atom is -0.493 e. The van der Waals surface area contributed by atoms with E-state index in [0.717, 1.165) is 43.4 Å². The smallest absolute Gasteiger partial charge is 0.315 e. The first-order chi connectivity index (χ1) is 12.2. The van der Waals surface area contributed by atoms with Gasteiger partial charge in [0.15, 0.2) is 0 Å². The summed E-state index contributed by atoms with van der Waals surface area (Å²) in [4.78, 5) is 12.6. The number of carbonyl (C=O) groups excluding carboxylic acids is 1. The van der Waals surface area contributed by atoms with Crippen LogP contribution in [-0.2, 0) is 0 Å². The number of aliphatic hydroxyl groups excluding tert-OH is 1. The lowest BCUT2D eigenvalue weighted by molar-refractivity contribution is 0.0334. The van der Waals surface area contributed by atoms with Crippen molar-refractivity contribution in [3.8, 4) is 5.75 Å². The molecule has 2 saturated carbocycles. The van der Waals surface area contributed by atoms with E-state index in [1.165, 1.54) is 12.8 Å². The predicted octanol–water partition coefficient (Wildman–Crippen LogP) is 3.14. The van der Waals surface area contributed by atoms with Gasteiger partial charge in [-0.1, -0.05) is 31.0 Å². The second kappa shape index (κ2) is 7.24. The summed E-state index contributed by atoms with van der Waals surface area (Å²) in [5.74, 6) is 1.95. The normalized spacial score (nSPS) is 34.2. The number of amides is 2. The Labute approximate surface area is 149 Å². The third-order valence-electron chi connectivity index (χ3n) is 6.21. The van der Waals surface area contributed by atoms with Crippen LogP contribution in [-0.4, -0.2) is 29.9 Å². The Hall–Kier alpha value is -1.75. The van der Waals surface area contributed by atoms with E-state index in [2.05, 4.69) is 10.6 Å². The number of benzene rings is 1. The first-order valence-electron chi connectivity index (χ1n) is 9.67. The number of fused-ring (bicyclic) bond motifs is 2. The van der Waals surface area contributed by atoms with Crippen LogP contribution in [0.4, 0.5) is 4.79 Å². The average Bonchev–Trinajstić information content (AvgIpc) is 2.62. The molecule has 1 heterocycles. The molecule has 2 fully saturated rings. The molecule has 4 rings (SSSR count). The minimum absolute atomic E-state index is 0.00119. The fraction of sp³-hybridized carbons (Fsp3) is 0.650. The van der Waals surface area contributed by atoms with E-state index in [1.54, 1.807) is 0 Å². The number of aliphatic hydroxyl groups is 1. The Bertz CT molecular complexity index is 621. The lowest BCUT2D eigenvalue weighted by Gasteiger charge is -2.43. The maximum atomic E-state index is 12.6. The summed E-state index contributed by atoms with van der Waals surface area (Å²) in [7, 11) is 0. The molecule has 0 aromatic heterocycles. The van der Waals surface area contributed by atoms with Gasteiger partial charge in [0.25, 0.3) is 0 Å². The molecule has 5 heteroatoms. The molecule has 1 aromatic carbocycles. The maximum absolute atomic E-state index is 12.6. The average molecular weight is 344 g/mol.